The molecule has 128 valence electrons. The van der Waals surface area contributed by atoms with E-state index in [2.05, 4.69) is 4.98 Å². The highest BCUT2D eigenvalue weighted by Crippen LogP contribution is 2.29. The largest absolute Gasteiger partial charge is 0.480 e. The number of rotatable bonds is 4. The van der Waals surface area contributed by atoms with Gasteiger partial charge >= 0.3 is 11.9 Å². The molecule has 25 heavy (non-hydrogen) atoms. The minimum absolute atomic E-state index is 0.0304. The maximum absolute atomic E-state index is 12.9. The number of thiophene rings is 1. The van der Waals surface area contributed by atoms with Gasteiger partial charge in [-0.05, 0) is 25.5 Å². The summed E-state index contributed by atoms with van der Waals surface area (Å²) in [7, 11) is 0. The van der Waals surface area contributed by atoms with Crippen LogP contribution in [0.15, 0.2) is 29.1 Å². The van der Waals surface area contributed by atoms with Crippen molar-refractivity contribution in [3.8, 4) is 11.4 Å². The Morgan fingerprint density at radius 2 is 1.96 bits per heavy atom. The quantitative estimate of drug-likeness (QED) is 0.742. The van der Waals surface area contributed by atoms with Gasteiger partial charge in [-0.3, -0.25) is 14.2 Å². The topological polar surface area (TPSA) is 109 Å². The Balaban J connectivity index is 2.41. The van der Waals surface area contributed by atoms with Gasteiger partial charge in [0.05, 0.1) is 5.39 Å². The van der Waals surface area contributed by atoms with Crippen LogP contribution in [-0.4, -0.2) is 31.7 Å². The molecule has 2 aromatic heterocycles. The molecule has 0 saturated heterocycles. The molecule has 2 heterocycles. The molecular formula is C17H14N2O5S. The van der Waals surface area contributed by atoms with Crippen LogP contribution in [0.2, 0.25) is 0 Å². The van der Waals surface area contributed by atoms with E-state index in [-0.39, 0.29) is 20.9 Å². The summed E-state index contributed by atoms with van der Waals surface area (Å²) in [4.78, 5) is 40.2. The molecule has 0 aliphatic carbocycles. The van der Waals surface area contributed by atoms with E-state index in [0.29, 0.717) is 11.1 Å². The number of hydrogen-bond acceptors (Lipinski definition) is 5. The van der Waals surface area contributed by atoms with Crippen molar-refractivity contribution in [3.05, 3.63) is 50.6 Å². The standard InChI is InChI=1S/C17H14N2O5S/c1-8-4-3-5-10(6-8)14-18-15-12(9(2)13(25-15)17(23)24)16(22)19(14)7-11(20)21/h3-6H,7H2,1-2H3,(H,20,21)(H,23,24). The van der Waals surface area contributed by atoms with Crippen molar-refractivity contribution in [2.75, 3.05) is 0 Å². The molecule has 1 aromatic carbocycles. The third-order valence-electron chi connectivity index (χ3n) is 3.81. The van der Waals surface area contributed by atoms with Crippen molar-refractivity contribution in [1.82, 2.24) is 9.55 Å². The fourth-order valence-corrected chi connectivity index (χ4v) is 3.72. The Kier molecular flexibility index (Phi) is 4.13. The van der Waals surface area contributed by atoms with Gasteiger partial charge in [-0.25, -0.2) is 9.78 Å². The minimum atomic E-state index is -1.18. The van der Waals surface area contributed by atoms with Gasteiger partial charge in [-0.15, -0.1) is 11.3 Å². The van der Waals surface area contributed by atoms with Crippen molar-refractivity contribution in [3.63, 3.8) is 0 Å². The zero-order valence-electron chi connectivity index (χ0n) is 13.4. The Morgan fingerprint density at radius 1 is 1.24 bits per heavy atom. The lowest BCUT2D eigenvalue weighted by Gasteiger charge is -2.11. The summed E-state index contributed by atoms with van der Waals surface area (Å²) < 4.78 is 1.07. The summed E-state index contributed by atoms with van der Waals surface area (Å²) in [6.07, 6.45) is 0. The molecular weight excluding hydrogens is 344 g/mol. The summed E-state index contributed by atoms with van der Waals surface area (Å²) in [5, 5.41) is 18.6. The number of benzene rings is 1. The summed E-state index contributed by atoms with van der Waals surface area (Å²) in [5.74, 6) is -2.10. The van der Waals surface area contributed by atoms with E-state index in [9.17, 15) is 24.6 Å². The molecule has 8 heteroatoms. The lowest BCUT2D eigenvalue weighted by atomic mass is 10.1. The van der Waals surface area contributed by atoms with E-state index < -0.39 is 24.0 Å². The molecule has 3 rings (SSSR count). The molecule has 0 fully saturated rings. The van der Waals surface area contributed by atoms with Gasteiger partial charge in [-0.1, -0.05) is 23.8 Å². The van der Waals surface area contributed by atoms with Gasteiger partial charge in [0, 0.05) is 5.56 Å². The van der Waals surface area contributed by atoms with Gasteiger partial charge < -0.3 is 10.2 Å². The summed E-state index contributed by atoms with van der Waals surface area (Å²) in [6.45, 7) is 2.85. The van der Waals surface area contributed by atoms with Crippen LogP contribution in [0.3, 0.4) is 0 Å². The van der Waals surface area contributed by atoms with Gasteiger partial charge in [0.1, 0.15) is 22.1 Å². The first-order chi connectivity index (χ1) is 11.8. The number of aromatic nitrogens is 2. The summed E-state index contributed by atoms with van der Waals surface area (Å²) >= 11 is 0.915. The molecule has 0 aliphatic heterocycles. The maximum atomic E-state index is 12.9. The number of aromatic carboxylic acids is 1. The van der Waals surface area contributed by atoms with Crippen LogP contribution in [0.1, 0.15) is 20.8 Å². The van der Waals surface area contributed by atoms with Crippen LogP contribution in [0.25, 0.3) is 21.6 Å². The maximum Gasteiger partial charge on any atom is 0.346 e. The molecule has 0 atom stereocenters. The predicted octanol–water partition coefficient (Wildman–Crippen LogP) is 2.52. The van der Waals surface area contributed by atoms with E-state index in [4.69, 9.17) is 0 Å². The fraction of sp³-hybridized carbons (Fsp3) is 0.176. The Labute approximate surface area is 145 Å². The lowest BCUT2D eigenvalue weighted by Crippen LogP contribution is -2.27. The molecule has 0 unspecified atom stereocenters. The smallest absolute Gasteiger partial charge is 0.346 e. The molecule has 0 aliphatic rings. The van der Waals surface area contributed by atoms with E-state index in [0.717, 1.165) is 21.5 Å². The van der Waals surface area contributed by atoms with Gasteiger partial charge in [0.15, 0.2) is 0 Å². The van der Waals surface area contributed by atoms with Crippen LogP contribution in [-0.2, 0) is 11.3 Å². The second kappa shape index (κ2) is 6.14. The average Bonchev–Trinajstić information content (AvgIpc) is 2.87. The summed E-state index contributed by atoms with van der Waals surface area (Å²) in [6, 6.07) is 7.19. The van der Waals surface area contributed by atoms with E-state index in [1.807, 2.05) is 13.0 Å². The molecule has 0 amide bonds. The fourth-order valence-electron chi connectivity index (χ4n) is 2.71. The number of carbonyl (C=O) groups is 2. The highest BCUT2D eigenvalue weighted by molar-refractivity contribution is 7.20. The van der Waals surface area contributed by atoms with Crippen LogP contribution < -0.4 is 5.56 Å². The van der Waals surface area contributed by atoms with Crippen LogP contribution in [0.5, 0.6) is 0 Å². The third-order valence-corrected chi connectivity index (χ3v) is 4.99. The number of carboxylic acids is 2. The van der Waals surface area contributed by atoms with Gasteiger partial charge in [0.2, 0.25) is 0 Å². The van der Waals surface area contributed by atoms with Crippen LogP contribution in [0, 0.1) is 13.8 Å². The molecule has 3 aromatic rings. The van der Waals surface area contributed by atoms with Crippen LogP contribution in [0.4, 0.5) is 0 Å². The second-order valence-electron chi connectivity index (χ2n) is 5.63. The van der Waals surface area contributed by atoms with E-state index in [1.165, 1.54) is 6.92 Å². The monoisotopic (exact) mass is 358 g/mol. The first kappa shape index (κ1) is 16.8. The normalized spacial score (nSPS) is 11.0. The van der Waals surface area contributed by atoms with Crippen molar-refractivity contribution in [2.24, 2.45) is 0 Å². The first-order valence-corrected chi connectivity index (χ1v) is 8.17. The zero-order valence-corrected chi connectivity index (χ0v) is 14.3. The zero-order chi connectivity index (χ0) is 18.3. The minimum Gasteiger partial charge on any atom is -0.480 e. The van der Waals surface area contributed by atoms with Crippen molar-refractivity contribution in [2.45, 2.75) is 20.4 Å². The third kappa shape index (κ3) is 2.91. The van der Waals surface area contributed by atoms with Crippen LogP contribution >= 0.6 is 11.3 Å². The highest BCUT2D eigenvalue weighted by Gasteiger charge is 2.22. The summed E-state index contributed by atoms with van der Waals surface area (Å²) in [5.41, 5.74) is 1.29. The average molecular weight is 358 g/mol. The molecule has 0 saturated carbocycles. The number of nitrogens with zero attached hydrogens (tertiary/aromatic N) is 2. The number of carboxylic acid groups (broad SMARTS) is 2. The Hall–Kier alpha value is -3.00. The second-order valence-corrected chi connectivity index (χ2v) is 6.63. The SMILES string of the molecule is Cc1cccc(-c2nc3sc(C(=O)O)c(C)c3c(=O)n2CC(=O)O)c1. The molecule has 0 spiro atoms. The molecule has 0 bridgehead atoms. The number of aliphatic carboxylic acids is 1. The number of fused-ring (bicyclic) bond motifs is 1. The molecule has 2 N–H and O–H groups in total. The Bertz CT molecular complexity index is 1080. The highest BCUT2D eigenvalue weighted by atomic mass is 32.1. The first-order valence-electron chi connectivity index (χ1n) is 7.35. The molecule has 0 radical (unpaired) electrons. The lowest BCUT2D eigenvalue weighted by molar-refractivity contribution is -0.137. The van der Waals surface area contributed by atoms with E-state index in [1.54, 1.807) is 18.2 Å². The van der Waals surface area contributed by atoms with Crippen molar-refractivity contribution in [1.29, 1.82) is 0 Å². The van der Waals surface area contributed by atoms with Gasteiger partial charge in [-0.2, -0.15) is 0 Å². The van der Waals surface area contributed by atoms with Gasteiger partial charge in [0.25, 0.3) is 5.56 Å². The van der Waals surface area contributed by atoms with Crippen molar-refractivity contribution >= 4 is 33.5 Å². The molecule has 7 nitrogen and oxygen atoms in total. The number of hydrogen-bond donors (Lipinski definition) is 2. The van der Waals surface area contributed by atoms with E-state index >= 15 is 0 Å². The predicted molar refractivity (Wildman–Crippen MR) is 93.4 cm³/mol. The Morgan fingerprint density at radius 3 is 2.56 bits per heavy atom. The van der Waals surface area contributed by atoms with Crippen molar-refractivity contribution < 1.29 is 19.8 Å². The number of aryl methyl sites for hydroxylation is 2.